The van der Waals surface area contributed by atoms with E-state index in [9.17, 15) is 4.79 Å². The zero-order valence-electron chi connectivity index (χ0n) is 11.1. The van der Waals surface area contributed by atoms with Gasteiger partial charge in [0.1, 0.15) is 5.75 Å². The summed E-state index contributed by atoms with van der Waals surface area (Å²) >= 11 is 0. The Morgan fingerprint density at radius 2 is 2.17 bits per heavy atom. The van der Waals surface area contributed by atoms with Crippen LogP contribution in [0.1, 0.15) is 20.8 Å². The lowest BCUT2D eigenvalue weighted by molar-refractivity contribution is -0.119. The Balaban J connectivity index is 2.62. The summed E-state index contributed by atoms with van der Waals surface area (Å²) in [5, 5.41) is 5.80. The number of rotatable bonds is 6. The van der Waals surface area contributed by atoms with E-state index in [4.69, 9.17) is 10.5 Å². The maximum Gasteiger partial charge on any atom is 0.239 e. The van der Waals surface area contributed by atoms with Crippen molar-refractivity contribution in [3.8, 4) is 5.75 Å². The van der Waals surface area contributed by atoms with Crippen molar-refractivity contribution >= 4 is 17.3 Å². The zero-order chi connectivity index (χ0) is 13.5. The van der Waals surface area contributed by atoms with Crippen molar-refractivity contribution in [2.75, 3.05) is 24.2 Å². The third-order valence-corrected chi connectivity index (χ3v) is 2.26. The van der Waals surface area contributed by atoms with Crippen LogP contribution in [-0.4, -0.2) is 25.1 Å². The van der Waals surface area contributed by atoms with Crippen molar-refractivity contribution in [1.29, 1.82) is 0 Å². The van der Waals surface area contributed by atoms with Gasteiger partial charge in [0.15, 0.2) is 0 Å². The Hall–Kier alpha value is -1.91. The van der Waals surface area contributed by atoms with Gasteiger partial charge in [-0.1, -0.05) is 6.07 Å². The second kappa shape index (κ2) is 6.74. The molecule has 0 heterocycles. The molecule has 0 aromatic heterocycles. The minimum atomic E-state index is -0.0637. The van der Waals surface area contributed by atoms with Crippen LogP contribution in [0.15, 0.2) is 18.2 Å². The molecule has 0 aliphatic rings. The minimum Gasteiger partial charge on any atom is -0.492 e. The maximum absolute atomic E-state index is 11.5. The highest BCUT2D eigenvalue weighted by atomic mass is 16.5. The molecular formula is C13H21N3O2. The summed E-state index contributed by atoms with van der Waals surface area (Å²) in [5.41, 5.74) is 7.17. The first-order valence-electron chi connectivity index (χ1n) is 6.09. The van der Waals surface area contributed by atoms with Gasteiger partial charge in [0.05, 0.1) is 24.5 Å². The molecule has 0 aliphatic heterocycles. The molecule has 0 unspecified atom stereocenters. The second-order valence-electron chi connectivity index (χ2n) is 4.23. The molecule has 0 saturated heterocycles. The van der Waals surface area contributed by atoms with E-state index >= 15 is 0 Å². The van der Waals surface area contributed by atoms with Crippen LogP contribution in [0.2, 0.25) is 0 Å². The fourth-order valence-corrected chi connectivity index (χ4v) is 1.53. The molecule has 0 atom stereocenters. The van der Waals surface area contributed by atoms with Gasteiger partial charge in [-0.3, -0.25) is 4.79 Å². The van der Waals surface area contributed by atoms with Crippen LogP contribution in [-0.2, 0) is 4.79 Å². The van der Waals surface area contributed by atoms with Gasteiger partial charge in [0.2, 0.25) is 5.91 Å². The number of carbonyl (C=O) groups excluding carboxylic acids is 1. The van der Waals surface area contributed by atoms with E-state index in [1.165, 1.54) is 0 Å². The number of amides is 1. The highest BCUT2D eigenvalue weighted by Gasteiger charge is 2.07. The summed E-state index contributed by atoms with van der Waals surface area (Å²) in [5.74, 6) is 0.568. The van der Waals surface area contributed by atoms with Crippen molar-refractivity contribution in [3.05, 3.63) is 18.2 Å². The van der Waals surface area contributed by atoms with E-state index in [-0.39, 0.29) is 18.5 Å². The second-order valence-corrected chi connectivity index (χ2v) is 4.23. The zero-order valence-corrected chi connectivity index (χ0v) is 11.1. The van der Waals surface area contributed by atoms with E-state index < -0.39 is 0 Å². The molecule has 1 amide bonds. The molecule has 18 heavy (non-hydrogen) atoms. The number of anilines is 2. The number of para-hydroxylation sites is 1. The lowest BCUT2D eigenvalue weighted by Gasteiger charge is -2.14. The van der Waals surface area contributed by atoms with Crippen LogP contribution >= 0.6 is 0 Å². The van der Waals surface area contributed by atoms with Crippen LogP contribution in [0.4, 0.5) is 11.4 Å². The van der Waals surface area contributed by atoms with Crippen LogP contribution in [0, 0.1) is 0 Å². The molecule has 0 radical (unpaired) electrons. The molecule has 5 nitrogen and oxygen atoms in total. The summed E-state index contributed by atoms with van der Waals surface area (Å²) in [6.45, 7) is 6.49. The van der Waals surface area contributed by atoms with Crippen molar-refractivity contribution in [2.45, 2.75) is 26.8 Å². The fourth-order valence-electron chi connectivity index (χ4n) is 1.53. The van der Waals surface area contributed by atoms with Crippen LogP contribution in [0.5, 0.6) is 5.75 Å². The van der Waals surface area contributed by atoms with Gasteiger partial charge in [-0.2, -0.15) is 0 Å². The molecule has 0 spiro atoms. The maximum atomic E-state index is 11.5. The van der Waals surface area contributed by atoms with Crippen LogP contribution in [0.3, 0.4) is 0 Å². The Labute approximate surface area is 108 Å². The molecule has 0 fully saturated rings. The predicted molar refractivity (Wildman–Crippen MR) is 73.8 cm³/mol. The fraction of sp³-hybridized carbons (Fsp3) is 0.462. The number of benzene rings is 1. The SMILES string of the molecule is CCOc1cccc(NCC(=O)NC(C)C)c1N. The topological polar surface area (TPSA) is 76.4 Å². The molecule has 4 N–H and O–H groups in total. The number of nitrogens with two attached hydrogens (primary N) is 1. The van der Waals surface area contributed by atoms with Crippen molar-refractivity contribution in [1.82, 2.24) is 5.32 Å². The third-order valence-electron chi connectivity index (χ3n) is 2.26. The average Bonchev–Trinajstić information content (AvgIpc) is 2.29. The van der Waals surface area contributed by atoms with Gasteiger partial charge in [-0.15, -0.1) is 0 Å². The quantitative estimate of drug-likeness (QED) is 0.671. The number of hydrogen-bond acceptors (Lipinski definition) is 4. The van der Waals surface area contributed by atoms with Crippen molar-refractivity contribution in [2.24, 2.45) is 0 Å². The van der Waals surface area contributed by atoms with E-state index in [1.54, 1.807) is 6.07 Å². The summed E-state index contributed by atoms with van der Waals surface area (Å²) in [6.07, 6.45) is 0. The minimum absolute atomic E-state index is 0.0637. The van der Waals surface area contributed by atoms with Crippen LogP contribution in [0.25, 0.3) is 0 Å². The molecule has 0 saturated carbocycles. The highest BCUT2D eigenvalue weighted by Crippen LogP contribution is 2.28. The smallest absolute Gasteiger partial charge is 0.239 e. The number of nitrogen functional groups attached to an aromatic ring is 1. The Morgan fingerprint density at radius 3 is 2.78 bits per heavy atom. The third kappa shape index (κ3) is 4.16. The number of ether oxygens (including phenoxy) is 1. The number of hydrogen-bond donors (Lipinski definition) is 3. The first-order chi connectivity index (χ1) is 8.54. The van der Waals surface area contributed by atoms with Crippen LogP contribution < -0.4 is 21.1 Å². The first-order valence-corrected chi connectivity index (χ1v) is 6.09. The molecule has 1 rings (SSSR count). The van der Waals surface area contributed by atoms with Gasteiger partial charge in [0.25, 0.3) is 0 Å². The number of carbonyl (C=O) groups is 1. The predicted octanol–water partition coefficient (Wildman–Crippen LogP) is 1.60. The van der Waals surface area contributed by atoms with Gasteiger partial charge in [-0.05, 0) is 32.9 Å². The largest absolute Gasteiger partial charge is 0.492 e. The van der Waals surface area contributed by atoms with E-state index in [0.29, 0.717) is 23.7 Å². The summed E-state index contributed by atoms with van der Waals surface area (Å²) in [6, 6.07) is 5.59. The standard InChI is InChI=1S/C13H21N3O2/c1-4-18-11-7-5-6-10(13(11)14)15-8-12(17)16-9(2)3/h5-7,9,15H,4,8,14H2,1-3H3,(H,16,17). The van der Waals surface area contributed by atoms with E-state index in [1.807, 2.05) is 32.9 Å². The molecule has 0 bridgehead atoms. The Morgan fingerprint density at radius 1 is 1.44 bits per heavy atom. The van der Waals surface area contributed by atoms with Gasteiger partial charge in [-0.25, -0.2) is 0 Å². The molecule has 1 aromatic carbocycles. The highest BCUT2D eigenvalue weighted by molar-refractivity contribution is 5.83. The van der Waals surface area contributed by atoms with Gasteiger partial charge >= 0.3 is 0 Å². The summed E-state index contributed by atoms with van der Waals surface area (Å²) in [7, 11) is 0. The van der Waals surface area contributed by atoms with Crippen molar-refractivity contribution in [3.63, 3.8) is 0 Å². The normalized spacial score (nSPS) is 10.2. The lowest BCUT2D eigenvalue weighted by atomic mass is 10.2. The molecule has 0 aliphatic carbocycles. The van der Waals surface area contributed by atoms with E-state index in [0.717, 1.165) is 0 Å². The number of nitrogens with one attached hydrogen (secondary N) is 2. The Kier molecular flexibility index (Phi) is 5.30. The first kappa shape index (κ1) is 14.2. The molecule has 100 valence electrons. The summed E-state index contributed by atoms with van der Waals surface area (Å²) < 4.78 is 5.38. The van der Waals surface area contributed by atoms with Gasteiger partial charge < -0.3 is 21.1 Å². The Bertz CT molecular complexity index is 405. The monoisotopic (exact) mass is 251 g/mol. The van der Waals surface area contributed by atoms with Gasteiger partial charge in [0, 0.05) is 6.04 Å². The summed E-state index contributed by atoms with van der Waals surface area (Å²) in [4.78, 5) is 11.5. The average molecular weight is 251 g/mol. The molecule has 5 heteroatoms. The van der Waals surface area contributed by atoms with Crippen molar-refractivity contribution < 1.29 is 9.53 Å². The molecular weight excluding hydrogens is 230 g/mol. The van der Waals surface area contributed by atoms with E-state index in [2.05, 4.69) is 10.6 Å². The lowest BCUT2D eigenvalue weighted by Crippen LogP contribution is -2.34. The molecule has 1 aromatic rings.